The molecule has 0 spiro atoms. The lowest BCUT2D eigenvalue weighted by atomic mass is 9.92. The van der Waals surface area contributed by atoms with Crippen molar-refractivity contribution < 1.29 is 23.4 Å². The molecule has 0 saturated carbocycles. The topological polar surface area (TPSA) is 69.3 Å². The highest BCUT2D eigenvalue weighted by Gasteiger charge is 2.37. The molecule has 6 rings (SSSR count). The van der Waals surface area contributed by atoms with E-state index >= 15 is 0 Å². The Labute approximate surface area is 224 Å². The fraction of sp³-hybridized carbons (Fsp3) is 0.290. The van der Waals surface area contributed by atoms with Crippen molar-refractivity contribution >= 4 is 27.9 Å². The third-order valence-electron chi connectivity index (χ3n) is 7.59. The number of carboxylic acids is 1. The number of aromatic nitrogens is 3. The monoisotopic (exact) mass is 529 g/mol. The predicted molar refractivity (Wildman–Crippen MR) is 146 cm³/mol. The molecule has 0 atom stereocenters. The van der Waals surface area contributed by atoms with Crippen LogP contribution in [-0.4, -0.2) is 37.7 Å². The number of hydrogen-bond acceptors (Lipinski definition) is 3. The second-order valence-corrected chi connectivity index (χ2v) is 10.1. The molecule has 5 aromatic rings. The molecule has 200 valence electrons. The summed E-state index contributed by atoms with van der Waals surface area (Å²) >= 11 is 0. The molecule has 39 heavy (non-hydrogen) atoms. The minimum Gasteiger partial charge on any atom is -0.478 e. The molecule has 3 aromatic carbocycles. The van der Waals surface area contributed by atoms with Crippen LogP contribution in [0.15, 0.2) is 66.7 Å². The van der Waals surface area contributed by atoms with E-state index in [-0.39, 0.29) is 18.4 Å². The van der Waals surface area contributed by atoms with E-state index in [2.05, 4.69) is 4.57 Å². The highest BCUT2D eigenvalue weighted by molar-refractivity contribution is 5.94. The van der Waals surface area contributed by atoms with Gasteiger partial charge in [0.1, 0.15) is 5.82 Å². The Balaban J connectivity index is 1.41. The van der Waals surface area contributed by atoms with Gasteiger partial charge in [-0.3, -0.25) is 0 Å². The van der Waals surface area contributed by atoms with Crippen LogP contribution in [0.1, 0.15) is 40.5 Å². The lowest BCUT2D eigenvalue weighted by Gasteiger charge is -2.23. The molecule has 0 bridgehead atoms. The Hall–Kier alpha value is -4.04. The van der Waals surface area contributed by atoms with E-state index in [0.717, 1.165) is 33.2 Å². The molecule has 0 amide bonds. The zero-order valence-corrected chi connectivity index (χ0v) is 21.7. The maximum Gasteiger partial charge on any atom is 0.335 e. The van der Waals surface area contributed by atoms with E-state index < -0.39 is 11.9 Å². The molecule has 1 N–H and O–H groups in total. The van der Waals surface area contributed by atoms with Crippen molar-refractivity contribution in [2.75, 3.05) is 6.61 Å². The van der Waals surface area contributed by atoms with Gasteiger partial charge < -0.3 is 19.0 Å². The lowest BCUT2D eigenvalue weighted by molar-refractivity contribution is -0.0125. The zero-order chi connectivity index (χ0) is 27.1. The molecule has 0 fully saturated rings. The molecule has 2 aromatic heterocycles. The second-order valence-electron chi connectivity index (χ2n) is 10.1. The largest absolute Gasteiger partial charge is 0.478 e. The number of hydrogen-bond donors (Lipinski definition) is 1. The van der Waals surface area contributed by atoms with Gasteiger partial charge in [0.15, 0.2) is 0 Å². The molecule has 1 aliphatic carbocycles. The number of imidazole rings is 1. The van der Waals surface area contributed by atoms with Crippen LogP contribution in [0.5, 0.6) is 0 Å². The average Bonchev–Trinajstić information content (AvgIpc) is 3.45. The van der Waals surface area contributed by atoms with Gasteiger partial charge in [-0.2, -0.15) is 0 Å². The van der Waals surface area contributed by atoms with E-state index in [0.29, 0.717) is 49.6 Å². The Kier molecular flexibility index (Phi) is 6.43. The first-order valence-corrected chi connectivity index (χ1v) is 13.2. The second kappa shape index (κ2) is 9.93. The summed E-state index contributed by atoms with van der Waals surface area (Å²) < 4.78 is 39.0. The highest BCUT2D eigenvalue weighted by atomic mass is 19.3. The Morgan fingerprint density at radius 3 is 2.62 bits per heavy atom. The first-order chi connectivity index (χ1) is 18.8. The van der Waals surface area contributed by atoms with Crippen molar-refractivity contribution in [1.82, 2.24) is 14.1 Å². The van der Waals surface area contributed by atoms with Crippen LogP contribution < -0.4 is 0 Å². The van der Waals surface area contributed by atoms with E-state index in [4.69, 9.17) is 9.72 Å². The van der Waals surface area contributed by atoms with Gasteiger partial charge in [0.05, 0.1) is 29.8 Å². The standard InChI is InChI=1S/C31H29F2N3O3/c1-2-35-26-10-8-21(16-23(26)24-18-31(32,33)13-12-27(24)35)29-34-25-17-22(30(37)38)9-11-28(25)36(29)14-15-39-19-20-6-4-3-5-7-20/h3-11,16-17H,2,12-15,18-19H2,1H3,(H,37,38). The smallest absolute Gasteiger partial charge is 0.335 e. The molecule has 1 aliphatic rings. The van der Waals surface area contributed by atoms with E-state index in [1.165, 1.54) is 0 Å². The van der Waals surface area contributed by atoms with Gasteiger partial charge in [0.2, 0.25) is 0 Å². The van der Waals surface area contributed by atoms with Crippen molar-refractivity contribution in [1.29, 1.82) is 0 Å². The molecule has 0 saturated heterocycles. The van der Waals surface area contributed by atoms with Crippen LogP contribution in [-0.2, 0) is 37.3 Å². The number of aromatic carboxylic acids is 1. The van der Waals surface area contributed by atoms with E-state index in [9.17, 15) is 18.7 Å². The normalized spacial score (nSPS) is 14.6. The predicted octanol–water partition coefficient (Wildman–Crippen LogP) is 6.72. The highest BCUT2D eigenvalue weighted by Crippen LogP contribution is 2.40. The summed E-state index contributed by atoms with van der Waals surface area (Å²) in [5.74, 6) is -3.08. The quantitative estimate of drug-likeness (QED) is 0.227. The Morgan fingerprint density at radius 2 is 1.85 bits per heavy atom. The van der Waals surface area contributed by atoms with Crippen molar-refractivity contribution in [2.24, 2.45) is 0 Å². The van der Waals surface area contributed by atoms with Crippen LogP contribution >= 0.6 is 0 Å². The Morgan fingerprint density at radius 1 is 1.05 bits per heavy atom. The number of carbonyl (C=O) groups is 1. The van der Waals surface area contributed by atoms with Gasteiger partial charge in [-0.05, 0) is 60.9 Å². The van der Waals surface area contributed by atoms with Gasteiger partial charge in [-0.1, -0.05) is 30.3 Å². The number of carboxylic acid groups (broad SMARTS) is 1. The third kappa shape index (κ3) is 4.69. The number of benzene rings is 3. The maximum absolute atomic E-state index is 14.5. The van der Waals surface area contributed by atoms with Crippen molar-refractivity contribution in [2.45, 2.75) is 51.8 Å². The summed E-state index contributed by atoms with van der Waals surface area (Å²) in [6.45, 7) is 4.14. The van der Waals surface area contributed by atoms with Crippen LogP contribution in [0, 0.1) is 0 Å². The van der Waals surface area contributed by atoms with Gasteiger partial charge in [0.25, 0.3) is 5.92 Å². The first kappa shape index (κ1) is 25.2. The van der Waals surface area contributed by atoms with Crippen LogP contribution in [0.2, 0.25) is 0 Å². The molecule has 0 aliphatic heterocycles. The number of nitrogens with zero attached hydrogens (tertiary/aromatic N) is 3. The molecular weight excluding hydrogens is 500 g/mol. The van der Waals surface area contributed by atoms with Gasteiger partial charge in [-0.15, -0.1) is 0 Å². The molecule has 2 heterocycles. The SMILES string of the molecule is CCn1c2c(c3cc(-c4nc5cc(C(=O)O)ccc5n4CCOCc4ccccc4)ccc31)CC(F)(F)CC2. The lowest BCUT2D eigenvalue weighted by Crippen LogP contribution is -2.26. The van der Waals surface area contributed by atoms with Crippen molar-refractivity contribution in [3.63, 3.8) is 0 Å². The Bertz CT molecular complexity index is 1690. The molecule has 6 nitrogen and oxygen atoms in total. The number of halogens is 2. The fourth-order valence-electron chi connectivity index (χ4n) is 5.74. The van der Waals surface area contributed by atoms with E-state index in [1.807, 2.05) is 60.0 Å². The molecule has 8 heteroatoms. The summed E-state index contributed by atoms with van der Waals surface area (Å²) in [5.41, 5.74) is 6.04. The molecule has 0 unspecified atom stereocenters. The molecule has 0 radical (unpaired) electrons. The molecular formula is C31H29F2N3O3. The van der Waals surface area contributed by atoms with Crippen LogP contribution in [0.3, 0.4) is 0 Å². The maximum atomic E-state index is 14.5. The minimum atomic E-state index is -2.72. The number of ether oxygens (including phenoxy) is 1. The minimum absolute atomic E-state index is 0.131. The summed E-state index contributed by atoms with van der Waals surface area (Å²) in [4.78, 5) is 16.4. The summed E-state index contributed by atoms with van der Waals surface area (Å²) in [6.07, 6.45) is -0.0374. The summed E-state index contributed by atoms with van der Waals surface area (Å²) in [5, 5.41) is 10.3. The first-order valence-electron chi connectivity index (χ1n) is 13.2. The van der Waals surface area contributed by atoms with Crippen molar-refractivity contribution in [3.05, 3.63) is 89.1 Å². The number of aryl methyl sites for hydroxylation is 1. The summed E-state index contributed by atoms with van der Waals surface area (Å²) in [6, 6.07) is 20.7. The number of fused-ring (bicyclic) bond motifs is 4. The van der Waals surface area contributed by atoms with Crippen molar-refractivity contribution in [3.8, 4) is 11.4 Å². The fourth-order valence-corrected chi connectivity index (χ4v) is 5.74. The summed E-state index contributed by atoms with van der Waals surface area (Å²) in [7, 11) is 0. The number of alkyl halides is 2. The van der Waals surface area contributed by atoms with Gasteiger partial charge >= 0.3 is 5.97 Å². The number of rotatable bonds is 8. The van der Waals surface area contributed by atoms with Crippen LogP contribution in [0.25, 0.3) is 33.3 Å². The van der Waals surface area contributed by atoms with Crippen LogP contribution in [0.4, 0.5) is 8.78 Å². The van der Waals surface area contributed by atoms with Gasteiger partial charge in [-0.25, -0.2) is 18.6 Å². The third-order valence-corrected chi connectivity index (χ3v) is 7.59. The average molecular weight is 530 g/mol. The van der Waals surface area contributed by atoms with Gasteiger partial charge in [0, 0.05) is 48.1 Å². The zero-order valence-electron chi connectivity index (χ0n) is 21.7. The van der Waals surface area contributed by atoms with E-state index in [1.54, 1.807) is 18.2 Å².